The molecule has 1 aromatic carbocycles. The summed E-state index contributed by atoms with van der Waals surface area (Å²) >= 11 is 11.8. The van der Waals surface area contributed by atoms with Crippen LogP contribution in [0.15, 0.2) is 24.3 Å². The number of halogens is 2. The van der Waals surface area contributed by atoms with Crippen LogP contribution in [0.3, 0.4) is 0 Å². The second-order valence-electron chi connectivity index (χ2n) is 4.90. The number of hydrogen-bond acceptors (Lipinski definition) is 2. The van der Waals surface area contributed by atoms with E-state index in [1.165, 1.54) is 12.1 Å². The average molecular weight is 302 g/mol. The number of alkyl halides is 2. The van der Waals surface area contributed by atoms with Crippen LogP contribution in [0, 0.1) is 5.41 Å². The number of nitrogens with one attached hydrogen (secondary N) is 1. The number of benzene rings is 1. The molecule has 2 rings (SSSR count). The van der Waals surface area contributed by atoms with E-state index in [4.69, 9.17) is 28.3 Å². The Morgan fingerprint density at radius 2 is 2.05 bits per heavy atom. The molecule has 0 bridgehead atoms. The van der Waals surface area contributed by atoms with E-state index in [0.29, 0.717) is 12.0 Å². The molecule has 0 radical (unpaired) electrons. The van der Waals surface area contributed by atoms with Crippen molar-refractivity contribution in [3.63, 3.8) is 0 Å². The largest absolute Gasteiger partial charge is 0.478 e. The fourth-order valence-corrected chi connectivity index (χ4v) is 2.54. The quantitative estimate of drug-likeness (QED) is 0.840. The molecule has 1 amide bonds. The zero-order valence-corrected chi connectivity index (χ0v) is 11.8. The van der Waals surface area contributed by atoms with Crippen LogP contribution in [0.4, 0.5) is 0 Å². The highest BCUT2D eigenvalue weighted by Gasteiger charge is 2.67. The monoisotopic (exact) mass is 301 g/mol. The van der Waals surface area contributed by atoms with Crippen LogP contribution in [-0.4, -0.2) is 21.3 Å². The molecule has 0 saturated heterocycles. The lowest BCUT2D eigenvalue weighted by Crippen LogP contribution is -2.32. The van der Waals surface area contributed by atoms with Gasteiger partial charge in [-0.2, -0.15) is 0 Å². The first-order valence-electron chi connectivity index (χ1n) is 5.75. The summed E-state index contributed by atoms with van der Waals surface area (Å²) in [7, 11) is 0. The van der Waals surface area contributed by atoms with Gasteiger partial charge >= 0.3 is 5.97 Å². The van der Waals surface area contributed by atoms with E-state index in [0.717, 1.165) is 0 Å². The SMILES string of the molecule is C[C@@]1(C(=O)NCc2cccc(C(=O)O)c2)CC1(Cl)Cl. The lowest BCUT2D eigenvalue weighted by molar-refractivity contribution is -0.125. The standard InChI is InChI=1S/C13H13Cl2NO3/c1-12(7-13(12,14)15)11(19)16-6-8-3-2-4-9(5-8)10(17)18/h2-5H,6-7H2,1H3,(H,16,19)(H,17,18)/t12-/m0/s1. The predicted molar refractivity (Wildman–Crippen MR) is 72.4 cm³/mol. The number of hydrogen-bond donors (Lipinski definition) is 2. The van der Waals surface area contributed by atoms with Gasteiger partial charge in [0.1, 0.15) is 4.33 Å². The van der Waals surface area contributed by atoms with E-state index in [2.05, 4.69) is 5.32 Å². The van der Waals surface area contributed by atoms with Crippen molar-refractivity contribution < 1.29 is 14.7 Å². The fraction of sp³-hybridized carbons (Fsp3) is 0.385. The molecule has 2 N–H and O–H groups in total. The van der Waals surface area contributed by atoms with E-state index >= 15 is 0 Å². The van der Waals surface area contributed by atoms with E-state index in [-0.39, 0.29) is 18.0 Å². The van der Waals surface area contributed by atoms with Gasteiger partial charge in [-0.25, -0.2) is 4.79 Å². The molecule has 0 aromatic heterocycles. The van der Waals surface area contributed by atoms with Crippen molar-refractivity contribution in [1.82, 2.24) is 5.32 Å². The first-order valence-corrected chi connectivity index (χ1v) is 6.50. The lowest BCUT2D eigenvalue weighted by Gasteiger charge is -2.12. The number of aromatic carboxylic acids is 1. The van der Waals surface area contributed by atoms with Crippen molar-refractivity contribution in [1.29, 1.82) is 0 Å². The number of rotatable bonds is 4. The number of amides is 1. The third-order valence-corrected chi connectivity index (χ3v) is 4.49. The summed E-state index contributed by atoms with van der Waals surface area (Å²) in [5.74, 6) is -1.22. The van der Waals surface area contributed by atoms with Gasteiger partial charge in [0.25, 0.3) is 0 Å². The van der Waals surface area contributed by atoms with Crippen LogP contribution in [-0.2, 0) is 11.3 Å². The molecule has 6 heteroatoms. The molecule has 102 valence electrons. The molecule has 1 aliphatic rings. The number of carboxylic acids is 1. The number of carboxylic acid groups (broad SMARTS) is 1. The summed E-state index contributed by atoms with van der Waals surface area (Å²) in [6.07, 6.45) is 0.421. The topological polar surface area (TPSA) is 66.4 Å². The van der Waals surface area contributed by atoms with Crippen molar-refractivity contribution in [2.24, 2.45) is 5.41 Å². The van der Waals surface area contributed by atoms with Crippen LogP contribution in [0.25, 0.3) is 0 Å². The van der Waals surface area contributed by atoms with Gasteiger partial charge in [-0.1, -0.05) is 12.1 Å². The summed E-state index contributed by atoms with van der Waals surface area (Å²) in [5, 5.41) is 11.6. The van der Waals surface area contributed by atoms with Crippen molar-refractivity contribution in [2.45, 2.75) is 24.2 Å². The number of carbonyl (C=O) groups is 2. The molecule has 4 nitrogen and oxygen atoms in total. The second-order valence-corrected chi connectivity index (χ2v) is 6.39. The molecule has 1 aromatic rings. The van der Waals surface area contributed by atoms with E-state index in [9.17, 15) is 9.59 Å². The average Bonchev–Trinajstić information content (AvgIpc) is 2.87. The van der Waals surface area contributed by atoms with E-state index in [1.807, 2.05) is 0 Å². The normalized spacial score (nSPS) is 23.7. The van der Waals surface area contributed by atoms with Crippen molar-refractivity contribution in [3.8, 4) is 0 Å². The van der Waals surface area contributed by atoms with Crippen molar-refractivity contribution in [2.75, 3.05) is 0 Å². The maximum Gasteiger partial charge on any atom is 0.335 e. The Labute approximate surface area is 120 Å². The third kappa shape index (κ3) is 2.69. The Kier molecular flexibility index (Phi) is 3.49. The fourth-order valence-electron chi connectivity index (χ4n) is 1.84. The van der Waals surface area contributed by atoms with Gasteiger partial charge in [0.2, 0.25) is 5.91 Å². The Morgan fingerprint density at radius 1 is 1.42 bits per heavy atom. The maximum atomic E-state index is 11.9. The Morgan fingerprint density at radius 3 is 2.58 bits per heavy atom. The highest BCUT2D eigenvalue weighted by molar-refractivity contribution is 6.53. The molecule has 1 saturated carbocycles. The van der Waals surface area contributed by atoms with Gasteiger partial charge in [0.15, 0.2) is 0 Å². The molecule has 0 aliphatic heterocycles. The summed E-state index contributed by atoms with van der Waals surface area (Å²) in [5.41, 5.74) is 0.140. The first-order chi connectivity index (χ1) is 8.76. The predicted octanol–water partition coefficient (Wildman–Crippen LogP) is 2.58. The van der Waals surface area contributed by atoms with Crippen molar-refractivity contribution >= 4 is 35.1 Å². The van der Waals surface area contributed by atoms with Gasteiger partial charge in [-0.05, 0) is 31.0 Å². The molecule has 1 fully saturated rings. The summed E-state index contributed by atoms with van der Waals surface area (Å²) in [6, 6.07) is 6.40. The van der Waals surface area contributed by atoms with Crippen LogP contribution in [0.2, 0.25) is 0 Å². The number of carbonyl (C=O) groups excluding carboxylic acids is 1. The minimum absolute atomic E-state index is 0.188. The zero-order chi connectivity index (χ0) is 14.3. The van der Waals surface area contributed by atoms with Crippen LogP contribution in [0.1, 0.15) is 29.3 Å². The minimum Gasteiger partial charge on any atom is -0.478 e. The van der Waals surface area contributed by atoms with Gasteiger partial charge < -0.3 is 10.4 Å². The van der Waals surface area contributed by atoms with Gasteiger partial charge in [0.05, 0.1) is 11.0 Å². The first kappa shape index (κ1) is 14.2. The molecular weight excluding hydrogens is 289 g/mol. The van der Waals surface area contributed by atoms with E-state index < -0.39 is 15.7 Å². The Bertz CT molecular complexity index is 544. The maximum absolute atomic E-state index is 11.9. The van der Waals surface area contributed by atoms with Crippen LogP contribution in [0.5, 0.6) is 0 Å². The van der Waals surface area contributed by atoms with Crippen LogP contribution >= 0.6 is 23.2 Å². The summed E-state index contributed by atoms with van der Waals surface area (Å²) in [4.78, 5) is 22.8. The van der Waals surface area contributed by atoms with E-state index in [1.54, 1.807) is 19.1 Å². The van der Waals surface area contributed by atoms with Gasteiger partial charge in [-0.3, -0.25) is 4.79 Å². The zero-order valence-electron chi connectivity index (χ0n) is 10.2. The van der Waals surface area contributed by atoms with Gasteiger partial charge in [-0.15, -0.1) is 23.2 Å². The minimum atomic E-state index is -1.00. The highest BCUT2D eigenvalue weighted by Crippen LogP contribution is 2.63. The Hall–Kier alpha value is -1.26. The molecule has 1 aliphatic carbocycles. The lowest BCUT2D eigenvalue weighted by atomic mass is 10.1. The third-order valence-electron chi connectivity index (χ3n) is 3.39. The second kappa shape index (κ2) is 4.69. The highest BCUT2D eigenvalue weighted by atomic mass is 35.5. The molecule has 0 heterocycles. The molecule has 1 atom stereocenters. The van der Waals surface area contributed by atoms with Crippen molar-refractivity contribution in [3.05, 3.63) is 35.4 Å². The smallest absolute Gasteiger partial charge is 0.335 e. The Balaban J connectivity index is 1.98. The molecule has 0 spiro atoms. The molecule has 0 unspecified atom stereocenters. The summed E-state index contributed by atoms with van der Waals surface area (Å²) in [6.45, 7) is 1.95. The summed E-state index contributed by atoms with van der Waals surface area (Å²) < 4.78 is -1.00. The molecule has 19 heavy (non-hydrogen) atoms. The van der Waals surface area contributed by atoms with Gasteiger partial charge in [0, 0.05) is 6.54 Å². The molecular formula is C13H13Cl2NO3. The van der Waals surface area contributed by atoms with Crippen LogP contribution < -0.4 is 5.32 Å².